The zero-order valence-corrected chi connectivity index (χ0v) is 18.3. The molecule has 1 aromatic carbocycles. The van der Waals surface area contributed by atoms with E-state index in [4.69, 9.17) is 4.74 Å². The number of amides is 1. The van der Waals surface area contributed by atoms with Gasteiger partial charge in [-0.25, -0.2) is 8.42 Å². The Hall–Kier alpha value is -2.70. The number of aliphatic hydroxyl groups is 1. The number of aromatic nitrogens is 1. The van der Waals surface area contributed by atoms with Crippen LogP contribution in [0.15, 0.2) is 53.7 Å². The molecule has 0 spiro atoms. The Balaban J connectivity index is 1.40. The third-order valence-corrected chi connectivity index (χ3v) is 7.12. The molecule has 0 saturated carbocycles. The van der Waals surface area contributed by atoms with Crippen molar-refractivity contribution >= 4 is 15.9 Å². The van der Waals surface area contributed by atoms with Crippen LogP contribution in [0.1, 0.15) is 18.4 Å². The zero-order chi connectivity index (χ0) is 24.1. The fraction of sp³-hybridized carbons (Fsp3) is 0.429. The molecule has 0 radical (unpaired) electrons. The maximum absolute atomic E-state index is 12.6. The second-order valence-electron chi connectivity index (χ2n) is 7.60. The Morgan fingerprint density at radius 1 is 1.21 bits per heavy atom. The highest BCUT2D eigenvalue weighted by Crippen LogP contribution is 2.30. The Labute approximate surface area is 189 Å². The maximum atomic E-state index is 12.6. The average molecular weight is 488 g/mol. The summed E-state index contributed by atoms with van der Waals surface area (Å²) < 4.78 is 69.5. The molecule has 1 amide bonds. The van der Waals surface area contributed by atoms with Gasteiger partial charge in [0, 0.05) is 37.9 Å². The number of carbonyl (C=O) groups excluding carboxylic acids is 1. The van der Waals surface area contributed by atoms with Gasteiger partial charge in [-0.2, -0.15) is 17.5 Å². The standard InChI is InChI=1S/C21H24F3N3O5S/c22-21(23,24)16-3-5-18(6-4-16)32-14-17(28)12-26-20(29)15-7-10-27(11-8-15)33(30,31)19-2-1-9-25-13-19/h1-6,9,13,15,17,28H,7-8,10-12,14H2,(H,26,29). The number of nitrogens with zero attached hydrogens (tertiary/aromatic N) is 2. The fourth-order valence-corrected chi connectivity index (χ4v) is 4.80. The van der Waals surface area contributed by atoms with E-state index < -0.39 is 33.8 Å². The van der Waals surface area contributed by atoms with Crippen LogP contribution in [-0.2, 0) is 21.0 Å². The number of pyridine rings is 1. The van der Waals surface area contributed by atoms with Gasteiger partial charge in [-0.3, -0.25) is 9.78 Å². The number of sulfonamides is 1. The minimum atomic E-state index is -4.44. The lowest BCUT2D eigenvalue weighted by molar-refractivity contribution is -0.137. The van der Waals surface area contributed by atoms with E-state index in [0.29, 0.717) is 12.8 Å². The predicted octanol–water partition coefficient (Wildman–Crippen LogP) is 2.06. The van der Waals surface area contributed by atoms with Gasteiger partial charge >= 0.3 is 6.18 Å². The highest BCUT2D eigenvalue weighted by Gasteiger charge is 2.32. The van der Waals surface area contributed by atoms with Gasteiger partial charge in [-0.15, -0.1) is 0 Å². The number of carbonyl (C=O) groups is 1. The summed E-state index contributed by atoms with van der Waals surface area (Å²) in [6.45, 7) is 0.0604. The summed E-state index contributed by atoms with van der Waals surface area (Å²) in [7, 11) is -3.66. The van der Waals surface area contributed by atoms with Gasteiger partial charge < -0.3 is 15.2 Å². The quantitative estimate of drug-likeness (QED) is 0.590. The lowest BCUT2D eigenvalue weighted by atomic mass is 9.97. The number of alkyl halides is 3. The molecule has 3 rings (SSSR count). The largest absolute Gasteiger partial charge is 0.491 e. The van der Waals surface area contributed by atoms with Gasteiger partial charge in [0.2, 0.25) is 15.9 Å². The molecular formula is C21H24F3N3O5S. The van der Waals surface area contributed by atoms with Crippen LogP contribution in [0, 0.1) is 5.92 Å². The first-order valence-corrected chi connectivity index (χ1v) is 11.7. The van der Waals surface area contributed by atoms with Crippen LogP contribution < -0.4 is 10.1 Å². The van der Waals surface area contributed by atoms with E-state index in [1.54, 1.807) is 6.07 Å². The summed E-state index contributed by atoms with van der Waals surface area (Å²) in [5.74, 6) is -0.536. The van der Waals surface area contributed by atoms with Gasteiger partial charge in [0.25, 0.3) is 0 Å². The highest BCUT2D eigenvalue weighted by molar-refractivity contribution is 7.89. The molecule has 8 nitrogen and oxygen atoms in total. The van der Waals surface area contributed by atoms with Crippen molar-refractivity contribution in [3.8, 4) is 5.75 Å². The molecule has 2 aromatic rings. The topological polar surface area (TPSA) is 109 Å². The van der Waals surface area contributed by atoms with Crippen molar-refractivity contribution in [1.82, 2.24) is 14.6 Å². The molecule has 1 aliphatic rings. The van der Waals surface area contributed by atoms with Gasteiger partial charge in [-0.05, 0) is 49.2 Å². The first-order valence-electron chi connectivity index (χ1n) is 10.2. The minimum Gasteiger partial charge on any atom is -0.491 e. The summed E-state index contributed by atoms with van der Waals surface area (Å²) in [5.41, 5.74) is -0.804. The van der Waals surface area contributed by atoms with E-state index in [0.717, 1.165) is 24.3 Å². The molecule has 33 heavy (non-hydrogen) atoms. The Bertz CT molecular complexity index is 1030. The van der Waals surface area contributed by atoms with Crippen LogP contribution in [0.5, 0.6) is 5.75 Å². The van der Waals surface area contributed by atoms with Crippen LogP contribution in [0.3, 0.4) is 0 Å². The Kier molecular flexibility index (Phi) is 7.92. The van der Waals surface area contributed by atoms with E-state index in [1.807, 2.05) is 0 Å². The monoisotopic (exact) mass is 487 g/mol. The molecule has 0 aliphatic carbocycles. The maximum Gasteiger partial charge on any atom is 0.416 e. The molecule has 0 bridgehead atoms. The van der Waals surface area contributed by atoms with Crippen LogP contribution in [-0.4, -0.2) is 61.1 Å². The second kappa shape index (κ2) is 10.5. The lowest BCUT2D eigenvalue weighted by Crippen LogP contribution is -2.44. The molecular weight excluding hydrogens is 463 g/mol. The number of nitrogens with one attached hydrogen (secondary N) is 1. The first kappa shape index (κ1) is 24.9. The molecule has 1 atom stereocenters. The van der Waals surface area contributed by atoms with Crippen molar-refractivity contribution in [2.24, 2.45) is 5.92 Å². The molecule has 1 fully saturated rings. The molecule has 1 unspecified atom stereocenters. The van der Waals surface area contributed by atoms with Gasteiger partial charge in [-0.1, -0.05) is 0 Å². The smallest absolute Gasteiger partial charge is 0.416 e. The van der Waals surface area contributed by atoms with Crippen molar-refractivity contribution in [1.29, 1.82) is 0 Å². The molecule has 1 aliphatic heterocycles. The van der Waals surface area contributed by atoms with Crippen molar-refractivity contribution in [2.75, 3.05) is 26.2 Å². The number of aliphatic hydroxyl groups excluding tert-OH is 1. The molecule has 12 heteroatoms. The highest BCUT2D eigenvalue weighted by atomic mass is 32.2. The number of halogens is 3. The third kappa shape index (κ3) is 6.65. The van der Waals surface area contributed by atoms with Gasteiger partial charge in [0.15, 0.2) is 0 Å². The first-order chi connectivity index (χ1) is 15.6. The van der Waals surface area contributed by atoms with Crippen LogP contribution in [0.25, 0.3) is 0 Å². The third-order valence-electron chi connectivity index (χ3n) is 5.23. The SMILES string of the molecule is O=C(NCC(O)COc1ccc(C(F)(F)F)cc1)C1CCN(S(=O)(=O)c2cccnc2)CC1. The number of ether oxygens (including phenoxy) is 1. The number of hydrogen-bond acceptors (Lipinski definition) is 6. The van der Waals surface area contributed by atoms with Gasteiger partial charge in [0.1, 0.15) is 23.4 Å². The lowest BCUT2D eigenvalue weighted by Gasteiger charge is -2.30. The fourth-order valence-electron chi connectivity index (χ4n) is 3.36. The van der Waals surface area contributed by atoms with Crippen molar-refractivity contribution in [3.05, 3.63) is 54.4 Å². The van der Waals surface area contributed by atoms with E-state index in [1.165, 1.54) is 22.8 Å². The summed E-state index contributed by atoms with van der Waals surface area (Å²) in [6.07, 6.45) is -2.07. The van der Waals surface area contributed by atoms with E-state index >= 15 is 0 Å². The summed E-state index contributed by atoms with van der Waals surface area (Å²) in [6, 6.07) is 7.08. The number of hydrogen-bond donors (Lipinski definition) is 2. The predicted molar refractivity (Wildman–Crippen MR) is 112 cm³/mol. The van der Waals surface area contributed by atoms with Crippen LogP contribution in [0.2, 0.25) is 0 Å². The van der Waals surface area contributed by atoms with Gasteiger partial charge in [0.05, 0.1) is 5.56 Å². The van der Waals surface area contributed by atoms with E-state index in [9.17, 15) is 31.5 Å². The minimum absolute atomic E-state index is 0.101. The number of rotatable bonds is 8. The normalized spacial score (nSPS) is 16.8. The van der Waals surface area contributed by atoms with E-state index in [2.05, 4.69) is 10.3 Å². The zero-order valence-electron chi connectivity index (χ0n) is 17.5. The summed E-state index contributed by atoms with van der Waals surface area (Å²) in [5, 5.41) is 12.6. The van der Waals surface area contributed by atoms with Crippen molar-refractivity contribution in [3.63, 3.8) is 0 Å². The number of benzene rings is 1. The number of piperidine rings is 1. The van der Waals surface area contributed by atoms with Crippen molar-refractivity contribution < 1.29 is 36.2 Å². The summed E-state index contributed by atoms with van der Waals surface area (Å²) in [4.78, 5) is 16.3. The summed E-state index contributed by atoms with van der Waals surface area (Å²) >= 11 is 0. The molecule has 2 N–H and O–H groups in total. The Morgan fingerprint density at radius 3 is 2.45 bits per heavy atom. The average Bonchev–Trinajstić information content (AvgIpc) is 2.81. The molecule has 2 heterocycles. The molecule has 1 saturated heterocycles. The van der Waals surface area contributed by atoms with E-state index in [-0.39, 0.29) is 42.8 Å². The Morgan fingerprint density at radius 2 is 1.88 bits per heavy atom. The van der Waals surface area contributed by atoms with Crippen molar-refractivity contribution in [2.45, 2.75) is 30.0 Å². The molecule has 180 valence electrons. The second-order valence-corrected chi connectivity index (χ2v) is 9.54. The van der Waals surface area contributed by atoms with Crippen LogP contribution in [0.4, 0.5) is 13.2 Å². The van der Waals surface area contributed by atoms with Crippen LogP contribution >= 0.6 is 0 Å². The molecule has 1 aromatic heterocycles.